The molecule has 0 radical (unpaired) electrons. The van der Waals surface area contributed by atoms with Crippen LogP contribution in [-0.2, 0) is 9.63 Å². The van der Waals surface area contributed by atoms with E-state index in [1.165, 1.54) is 0 Å². The molecule has 1 saturated heterocycles. The van der Waals surface area contributed by atoms with Gasteiger partial charge < -0.3 is 14.5 Å². The number of aryl methyl sites for hydroxylation is 1. The van der Waals surface area contributed by atoms with Crippen molar-refractivity contribution in [2.75, 3.05) is 26.2 Å². The number of aliphatic carboxylic acids is 1. The third-order valence-corrected chi connectivity index (χ3v) is 4.34. The van der Waals surface area contributed by atoms with Gasteiger partial charge in [0.05, 0.1) is 12.1 Å². The number of piperidine rings is 1. The van der Waals surface area contributed by atoms with E-state index in [0.717, 1.165) is 30.5 Å². The topological polar surface area (TPSA) is 101 Å². The van der Waals surface area contributed by atoms with E-state index in [9.17, 15) is 4.79 Å². The van der Waals surface area contributed by atoms with Crippen molar-refractivity contribution in [1.29, 1.82) is 0 Å². The van der Waals surface area contributed by atoms with Crippen molar-refractivity contribution >= 4 is 12.2 Å². The molecule has 8 heteroatoms. The number of carboxylic acids is 1. The number of hydrogen-bond donors (Lipinski definition) is 1. The zero-order chi connectivity index (χ0) is 18.4. The Kier molecular flexibility index (Phi) is 5.96. The van der Waals surface area contributed by atoms with Gasteiger partial charge in [-0.2, -0.15) is 4.98 Å². The zero-order valence-electron chi connectivity index (χ0n) is 14.7. The summed E-state index contributed by atoms with van der Waals surface area (Å²) in [7, 11) is 0. The van der Waals surface area contributed by atoms with E-state index in [-0.39, 0.29) is 5.92 Å². The lowest BCUT2D eigenvalue weighted by atomic mass is 9.98. The molecule has 1 unspecified atom stereocenters. The number of carboxylic acid groups (broad SMARTS) is 1. The lowest BCUT2D eigenvalue weighted by Crippen LogP contribution is -2.40. The summed E-state index contributed by atoms with van der Waals surface area (Å²) in [5, 5.41) is 16.9. The monoisotopic (exact) mass is 358 g/mol. The molecular weight excluding hydrogens is 336 g/mol. The average Bonchev–Trinajstić information content (AvgIpc) is 3.08. The first kappa shape index (κ1) is 18.1. The normalized spacial score (nSPS) is 18.3. The smallest absolute Gasteiger partial charge is 0.307 e. The Bertz CT molecular complexity index is 774. The van der Waals surface area contributed by atoms with E-state index in [2.05, 4.69) is 20.2 Å². The first-order valence-corrected chi connectivity index (χ1v) is 8.63. The fraction of sp³-hybridized carbons (Fsp3) is 0.444. The summed E-state index contributed by atoms with van der Waals surface area (Å²) in [6.07, 6.45) is 3.26. The summed E-state index contributed by atoms with van der Waals surface area (Å²) < 4.78 is 5.21. The van der Waals surface area contributed by atoms with Crippen LogP contribution in [0.3, 0.4) is 0 Å². The molecule has 1 aromatic heterocycles. The van der Waals surface area contributed by atoms with Crippen LogP contribution in [0.15, 0.2) is 33.9 Å². The van der Waals surface area contributed by atoms with Gasteiger partial charge in [0, 0.05) is 24.2 Å². The summed E-state index contributed by atoms with van der Waals surface area (Å²) in [5.41, 5.74) is 1.61. The molecule has 1 atom stereocenters. The van der Waals surface area contributed by atoms with E-state index in [1.54, 1.807) is 13.1 Å². The van der Waals surface area contributed by atoms with Crippen molar-refractivity contribution in [2.45, 2.75) is 19.8 Å². The minimum absolute atomic E-state index is 0.281. The van der Waals surface area contributed by atoms with Gasteiger partial charge in [-0.25, -0.2) is 0 Å². The van der Waals surface area contributed by atoms with Crippen LogP contribution in [0.2, 0.25) is 0 Å². The van der Waals surface area contributed by atoms with E-state index in [0.29, 0.717) is 31.4 Å². The van der Waals surface area contributed by atoms with Crippen LogP contribution in [0.5, 0.6) is 0 Å². The van der Waals surface area contributed by atoms with Gasteiger partial charge in [0.15, 0.2) is 5.82 Å². The molecule has 26 heavy (non-hydrogen) atoms. The quantitative estimate of drug-likeness (QED) is 0.460. The maximum Gasteiger partial charge on any atom is 0.307 e. The first-order valence-electron chi connectivity index (χ1n) is 8.63. The van der Waals surface area contributed by atoms with Crippen LogP contribution >= 0.6 is 0 Å². The summed E-state index contributed by atoms with van der Waals surface area (Å²) in [5.74, 6) is 0.0141. The fourth-order valence-corrected chi connectivity index (χ4v) is 2.99. The molecule has 0 spiro atoms. The summed E-state index contributed by atoms with van der Waals surface area (Å²) in [6, 6.07) is 7.56. The standard InChI is InChI=1S/C18H22N4O4/c1-13-20-17(26-21-13)16-7-3-2-5-14(16)11-19-25-10-9-22-8-4-6-15(12-22)18(23)24/h2-3,5,7,11,15H,4,6,8-10,12H2,1H3,(H,23,24)/b19-11+. The maximum absolute atomic E-state index is 11.1. The molecule has 0 bridgehead atoms. The number of nitrogens with zero attached hydrogens (tertiary/aromatic N) is 4. The Morgan fingerprint density at radius 1 is 1.50 bits per heavy atom. The Hall–Kier alpha value is -2.74. The number of likely N-dealkylation sites (tertiary alicyclic amines) is 1. The second kappa shape index (κ2) is 8.57. The highest BCUT2D eigenvalue weighted by Gasteiger charge is 2.24. The Morgan fingerprint density at radius 2 is 2.35 bits per heavy atom. The number of rotatable bonds is 7. The van der Waals surface area contributed by atoms with Gasteiger partial charge in [-0.15, -0.1) is 0 Å². The zero-order valence-corrected chi connectivity index (χ0v) is 14.7. The minimum Gasteiger partial charge on any atom is -0.481 e. The summed E-state index contributed by atoms with van der Waals surface area (Å²) in [6.45, 7) is 4.30. The largest absolute Gasteiger partial charge is 0.481 e. The Balaban J connectivity index is 1.51. The van der Waals surface area contributed by atoms with Crippen LogP contribution in [0.1, 0.15) is 24.2 Å². The minimum atomic E-state index is -0.721. The highest BCUT2D eigenvalue weighted by Crippen LogP contribution is 2.20. The van der Waals surface area contributed by atoms with E-state index < -0.39 is 5.97 Å². The van der Waals surface area contributed by atoms with Crippen molar-refractivity contribution in [3.8, 4) is 11.5 Å². The third-order valence-electron chi connectivity index (χ3n) is 4.34. The average molecular weight is 358 g/mol. The summed E-state index contributed by atoms with van der Waals surface area (Å²) >= 11 is 0. The van der Waals surface area contributed by atoms with E-state index >= 15 is 0 Å². The Morgan fingerprint density at radius 3 is 3.12 bits per heavy atom. The van der Waals surface area contributed by atoms with Gasteiger partial charge in [0.1, 0.15) is 6.61 Å². The second-order valence-corrected chi connectivity index (χ2v) is 6.28. The highest BCUT2D eigenvalue weighted by molar-refractivity contribution is 5.88. The molecule has 0 aliphatic carbocycles. The third kappa shape index (κ3) is 4.66. The SMILES string of the molecule is Cc1noc(-c2ccccc2/C=N/OCCN2CCCC(C(=O)O)C2)n1. The van der Waals surface area contributed by atoms with Crippen LogP contribution in [0.4, 0.5) is 0 Å². The van der Waals surface area contributed by atoms with Gasteiger partial charge in [-0.3, -0.25) is 9.69 Å². The van der Waals surface area contributed by atoms with Crippen LogP contribution in [0.25, 0.3) is 11.5 Å². The molecular formula is C18H22N4O4. The molecule has 3 rings (SSSR count). The van der Waals surface area contributed by atoms with Crippen LogP contribution in [-0.4, -0.2) is 58.6 Å². The number of oxime groups is 1. The maximum atomic E-state index is 11.1. The molecule has 8 nitrogen and oxygen atoms in total. The van der Waals surface area contributed by atoms with Crippen molar-refractivity contribution in [1.82, 2.24) is 15.0 Å². The predicted molar refractivity (Wildman–Crippen MR) is 94.8 cm³/mol. The van der Waals surface area contributed by atoms with Gasteiger partial charge >= 0.3 is 5.97 Å². The molecule has 1 aromatic carbocycles. The van der Waals surface area contributed by atoms with Crippen molar-refractivity contribution in [2.24, 2.45) is 11.1 Å². The lowest BCUT2D eigenvalue weighted by Gasteiger charge is -2.29. The molecule has 2 heterocycles. The van der Waals surface area contributed by atoms with Crippen LogP contribution < -0.4 is 0 Å². The lowest BCUT2D eigenvalue weighted by molar-refractivity contribution is -0.143. The fourth-order valence-electron chi connectivity index (χ4n) is 2.99. The van der Waals surface area contributed by atoms with Crippen molar-refractivity contribution in [3.63, 3.8) is 0 Å². The van der Waals surface area contributed by atoms with Gasteiger partial charge in [-0.1, -0.05) is 28.5 Å². The van der Waals surface area contributed by atoms with E-state index in [1.807, 2.05) is 24.3 Å². The van der Waals surface area contributed by atoms with Gasteiger partial charge in [0.2, 0.25) is 0 Å². The molecule has 0 saturated carbocycles. The van der Waals surface area contributed by atoms with Gasteiger partial charge in [-0.05, 0) is 32.4 Å². The van der Waals surface area contributed by atoms with Crippen molar-refractivity contribution < 1.29 is 19.3 Å². The highest BCUT2D eigenvalue weighted by atomic mass is 16.6. The van der Waals surface area contributed by atoms with E-state index in [4.69, 9.17) is 14.5 Å². The first-order chi connectivity index (χ1) is 12.6. The van der Waals surface area contributed by atoms with Crippen LogP contribution in [0, 0.1) is 12.8 Å². The predicted octanol–water partition coefficient (Wildman–Crippen LogP) is 2.19. The number of hydrogen-bond acceptors (Lipinski definition) is 7. The Labute approximate surface area is 151 Å². The molecule has 1 fully saturated rings. The van der Waals surface area contributed by atoms with Gasteiger partial charge in [0.25, 0.3) is 5.89 Å². The molecule has 1 aliphatic rings. The number of benzene rings is 1. The molecule has 1 aliphatic heterocycles. The molecule has 1 N–H and O–H groups in total. The molecule has 0 amide bonds. The molecule has 138 valence electrons. The number of aromatic nitrogens is 2. The molecule has 2 aromatic rings. The number of carbonyl (C=O) groups is 1. The summed E-state index contributed by atoms with van der Waals surface area (Å²) in [4.78, 5) is 22.8. The van der Waals surface area contributed by atoms with Crippen molar-refractivity contribution in [3.05, 3.63) is 35.7 Å². The second-order valence-electron chi connectivity index (χ2n) is 6.28.